The monoisotopic (exact) mass is 528 g/mol. The maximum absolute atomic E-state index is 15.4. The number of aryl methyl sites for hydroxylation is 1. The number of H-pyrrole nitrogens is 1. The molecule has 0 spiro atoms. The molecule has 0 saturated carbocycles. The molecule has 5 rings (SSSR count). The number of carbonyl (C=O) groups is 1. The Balaban J connectivity index is 1.55. The van der Waals surface area contributed by atoms with Crippen molar-refractivity contribution >= 4 is 43.9 Å². The normalized spacial score (nSPS) is 11.7. The Bertz CT molecular complexity index is 1760. The second kappa shape index (κ2) is 8.88. The lowest BCUT2D eigenvalue weighted by Gasteiger charge is -2.12. The first kappa shape index (κ1) is 23.7. The number of hydrogen-bond acceptors (Lipinski definition) is 6. The van der Waals surface area contributed by atoms with E-state index in [9.17, 15) is 22.0 Å². The van der Waals surface area contributed by atoms with Crippen LogP contribution in [0.4, 0.5) is 18.9 Å². The number of carbonyl (C=O) groups excluding carboxylic acids is 1. The molecule has 0 atom stereocenters. The lowest BCUT2D eigenvalue weighted by atomic mass is 10.0. The lowest BCUT2D eigenvalue weighted by molar-refractivity contribution is 0.103. The molecule has 0 aliphatic rings. The van der Waals surface area contributed by atoms with Crippen LogP contribution in [0.5, 0.6) is 0 Å². The SMILES string of the molecule is Cc1nc(-c2cnc3[nH]cc(C(=O)c4c(F)ccc(NS(=O)(=O)c5cccc(F)c5)c4F)c3c2)cs1. The second-order valence-corrected chi connectivity index (χ2v) is 10.5. The zero-order valence-corrected chi connectivity index (χ0v) is 20.0. The quantitative estimate of drug-likeness (QED) is 0.286. The van der Waals surface area contributed by atoms with Crippen LogP contribution in [0.3, 0.4) is 0 Å². The van der Waals surface area contributed by atoms with E-state index in [0.717, 1.165) is 35.3 Å². The number of halogens is 3. The van der Waals surface area contributed by atoms with Gasteiger partial charge in [0.2, 0.25) is 5.78 Å². The summed E-state index contributed by atoms with van der Waals surface area (Å²) in [5, 5.41) is 2.96. The number of pyridine rings is 1. The zero-order chi connectivity index (χ0) is 25.6. The van der Waals surface area contributed by atoms with E-state index < -0.39 is 49.4 Å². The fourth-order valence-corrected chi connectivity index (χ4v) is 5.35. The number of nitrogens with zero attached hydrogens (tertiary/aromatic N) is 2. The Morgan fingerprint density at radius 1 is 1.11 bits per heavy atom. The van der Waals surface area contributed by atoms with E-state index in [-0.39, 0.29) is 5.56 Å². The van der Waals surface area contributed by atoms with Gasteiger partial charge in [0.15, 0.2) is 5.82 Å². The number of ketones is 1. The smallest absolute Gasteiger partial charge is 0.262 e. The summed E-state index contributed by atoms with van der Waals surface area (Å²) < 4.78 is 70.7. The van der Waals surface area contributed by atoms with Crippen molar-refractivity contribution < 1.29 is 26.4 Å². The van der Waals surface area contributed by atoms with Gasteiger partial charge in [-0.2, -0.15) is 0 Å². The van der Waals surface area contributed by atoms with Crippen LogP contribution in [0.1, 0.15) is 20.9 Å². The summed E-state index contributed by atoms with van der Waals surface area (Å²) in [6.45, 7) is 1.84. The number of anilines is 1. The molecule has 0 fully saturated rings. The Kier molecular flexibility index (Phi) is 5.85. The zero-order valence-electron chi connectivity index (χ0n) is 18.3. The average molecular weight is 529 g/mol. The van der Waals surface area contributed by atoms with Crippen molar-refractivity contribution in [2.24, 2.45) is 0 Å². The molecule has 12 heteroatoms. The van der Waals surface area contributed by atoms with Crippen LogP contribution in [0.25, 0.3) is 22.3 Å². The fraction of sp³-hybridized carbons (Fsp3) is 0.0417. The maximum atomic E-state index is 15.4. The van der Waals surface area contributed by atoms with Gasteiger partial charge in [0.05, 0.1) is 26.8 Å². The molecule has 2 N–H and O–H groups in total. The fourth-order valence-electron chi connectivity index (χ4n) is 3.64. The van der Waals surface area contributed by atoms with Crippen LogP contribution in [0.15, 0.2) is 65.1 Å². The average Bonchev–Trinajstić information content (AvgIpc) is 3.46. The van der Waals surface area contributed by atoms with Gasteiger partial charge in [-0.15, -0.1) is 11.3 Å². The molecule has 2 aromatic carbocycles. The predicted octanol–water partition coefficient (Wildman–Crippen LogP) is 5.44. The summed E-state index contributed by atoms with van der Waals surface area (Å²) >= 11 is 1.43. The summed E-state index contributed by atoms with van der Waals surface area (Å²) in [6, 6.07) is 7.33. The molecule has 0 aliphatic heterocycles. The van der Waals surface area contributed by atoms with E-state index in [1.165, 1.54) is 23.6 Å². The Morgan fingerprint density at radius 3 is 2.64 bits per heavy atom. The van der Waals surface area contributed by atoms with Gasteiger partial charge in [0, 0.05) is 34.3 Å². The third-order valence-electron chi connectivity index (χ3n) is 5.36. The number of aromatic amines is 1. The number of nitrogens with one attached hydrogen (secondary N) is 2. The number of rotatable bonds is 6. The molecule has 36 heavy (non-hydrogen) atoms. The van der Waals surface area contributed by atoms with Crippen molar-refractivity contribution in [3.8, 4) is 11.3 Å². The minimum atomic E-state index is -4.42. The number of sulfonamides is 1. The molecule has 0 unspecified atom stereocenters. The van der Waals surface area contributed by atoms with Gasteiger partial charge < -0.3 is 4.98 Å². The summed E-state index contributed by atoms with van der Waals surface area (Å²) in [7, 11) is -4.42. The molecule has 0 bridgehead atoms. The first-order valence-corrected chi connectivity index (χ1v) is 12.7. The lowest BCUT2D eigenvalue weighted by Crippen LogP contribution is -2.16. The minimum Gasteiger partial charge on any atom is -0.345 e. The highest BCUT2D eigenvalue weighted by atomic mass is 32.2. The Morgan fingerprint density at radius 2 is 1.92 bits per heavy atom. The van der Waals surface area contributed by atoms with Crippen molar-refractivity contribution in [2.45, 2.75) is 11.8 Å². The molecular formula is C24H15F3N4O3S2. The van der Waals surface area contributed by atoms with E-state index in [2.05, 4.69) is 15.0 Å². The van der Waals surface area contributed by atoms with Gasteiger partial charge in [0.25, 0.3) is 10.0 Å². The summed E-state index contributed by atoms with van der Waals surface area (Å²) in [6.07, 6.45) is 2.84. The van der Waals surface area contributed by atoms with Crippen molar-refractivity contribution in [3.05, 3.63) is 93.8 Å². The van der Waals surface area contributed by atoms with Gasteiger partial charge in [-0.1, -0.05) is 6.07 Å². The highest BCUT2D eigenvalue weighted by Gasteiger charge is 2.26. The molecule has 182 valence electrons. The van der Waals surface area contributed by atoms with Crippen molar-refractivity contribution in [3.63, 3.8) is 0 Å². The first-order chi connectivity index (χ1) is 17.1. The molecule has 0 radical (unpaired) electrons. The molecule has 0 amide bonds. The van der Waals surface area contributed by atoms with Gasteiger partial charge >= 0.3 is 0 Å². The molecule has 7 nitrogen and oxygen atoms in total. The van der Waals surface area contributed by atoms with E-state index in [1.54, 1.807) is 12.3 Å². The van der Waals surface area contributed by atoms with Crippen LogP contribution in [0, 0.1) is 24.4 Å². The van der Waals surface area contributed by atoms with Crippen LogP contribution in [-0.4, -0.2) is 29.2 Å². The van der Waals surface area contributed by atoms with Crippen LogP contribution in [-0.2, 0) is 10.0 Å². The number of fused-ring (bicyclic) bond motifs is 1. The first-order valence-electron chi connectivity index (χ1n) is 10.3. The molecule has 3 heterocycles. The number of benzene rings is 2. The molecule has 3 aromatic heterocycles. The third kappa shape index (κ3) is 4.25. The Hall–Kier alpha value is -4.03. The molecular weight excluding hydrogens is 513 g/mol. The highest BCUT2D eigenvalue weighted by molar-refractivity contribution is 7.92. The standard InChI is InChI=1S/C24H15F3N4O3S2/c1-12-30-20(11-35-12)13-7-16-17(10-29-24(16)28-9-13)23(32)21-18(26)5-6-19(22(21)27)31-36(33,34)15-4-2-3-14(25)8-15/h2-11,31H,1H3,(H,28,29). The largest absolute Gasteiger partial charge is 0.345 e. The third-order valence-corrected chi connectivity index (χ3v) is 7.50. The van der Waals surface area contributed by atoms with Gasteiger partial charge in [-0.25, -0.2) is 31.6 Å². The molecule has 5 aromatic rings. The number of aromatic nitrogens is 3. The maximum Gasteiger partial charge on any atom is 0.262 e. The van der Waals surface area contributed by atoms with Gasteiger partial charge in [-0.05, 0) is 43.3 Å². The number of thiazole rings is 1. The van der Waals surface area contributed by atoms with E-state index >= 15 is 4.39 Å². The van der Waals surface area contributed by atoms with Crippen LogP contribution < -0.4 is 4.72 Å². The van der Waals surface area contributed by atoms with Crippen molar-refractivity contribution in [2.75, 3.05) is 4.72 Å². The molecule has 0 saturated heterocycles. The summed E-state index contributed by atoms with van der Waals surface area (Å²) in [5.74, 6) is -4.42. The van der Waals surface area contributed by atoms with E-state index in [4.69, 9.17) is 0 Å². The van der Waals surface area contributed by atoms with Gasteiger partial charge in [0.1, 0.15) is 17.3 Å². The predicted molar refractivity (Wildman–Crippen MR) is 129 cm³/mol. The van der Waals surface area contributed by atoms with Crippen LogP contribution >= 0.6 is 11.3 Å². The molecule has 0 aliphatic carbocycles. The number of hydrogen-bond donors (Lipinski definition) is 2. The van der Waals surface area contributed by atoms with Crippen LogP contribution in [0.2, 0.25) is 0 Å². The second-order valence-electron chi connectivity index (χ2n) is 7.75. The van der Waals surface area contributed by atoms with Gasteiger partial charge in [-0.3, -0.25) is 9.52 Å². The highest BCUT2D eigenvalue weighted by Crippen LogP contribution is 2.30. The Labute approximate surface area is 206 Å². The topological polar surface area (TPSA) is 105 Å². The van der Waals surface area contributed by atoms with E-state index in [1.807, 2.05) is 17.0 Å². The van der Waals surface area contributed by atoms with Crippen molar-refractivity contribution in [1.29, 1.82) is 0 Å². The minimum absolute atomic E-state index is 0.0609. The summed E-state index contributed by atoms with van der Waals surface area (Å²) in [5.41, 5.74) is -0.117. The summed E-state index contributed by atoms with van der Waals surface area (Å²) in [4.78, 5) is 24.3. The van der Waals surface area contributed by atoms with E-state index in [0.29, 0.717) is 22.3 Å². The van der Waals surface area contributed by atoms with Crippen molar-refractivity contribution in [1.82, 2.24) is 15.0 Å².